The Labute approximate surface area is 210 Å². The van der Waals surface area contributed by atoms with Crippen LogP contribution in [0.15, 0.2) is 35.1 Å². The third-order valence-corrected chi connectivity index (χ3v) is 7.58. The molecule has 2 saturated heterocycles. The van der Waals surface area contributed by atoms with Crippen molar-refractivity contribution < 1.29 is 14.2 Å². The lowest BCUT2D eigenvalue weighted by molar-refractivity contribution is 0.0828. The number of benzene rings is 2. The molecule has 36 heavy (non-hydrogen) atoms. The lowest BCUT2D eigenvalue weighted by Gasteiger charge is -2.33. The molecular formula is C28H35FN4O3. The fraction of sp³-hybridized carbons (Fsp3) is 0.500. The van der Waals surface area contributed by atoms with Crippen LogP contribution in [-0.2, 0) is 11.8 Å². The lowest BCUT2D eigenvalue weighted by atomic mass is 9.97. The number of fused-ring (bicyclic) bond motifs is 1. The van der Waals surface area contributed by atoms with Crippen LogP contribution in [0, 0.1) is 12.7 Å². The fourth-order valence-electron chi connectivity index (χ4n) is 5.53. The van der Waals surface area contributed by atoms with E-state index in [0.717, 1.165) is 46.7 Å². The van der Waals surface area contributed by atoms with Crippen molar-refractivity contribution in [1.29, 1.82) is 0 Å². The smallest absolute Gasteiger partial charge is 0.261 e. The van der Waals surface area contributed by atoms with Crippen molar-refractivity contribution >= 4 is 22.3 Å². The Morgan fingerprint density at radius 2 is 1.86 bits per heavy atom. The maximum absolute atomic E-state index is 14.2. The summed E-state index contributed by atoms with van der Waals surface area (Å²) < 4.78 is 21.5. The Morgan fingerprint density at radius 1 is 1.14 bits per heavy atom. The summed E-state index contributed by atoms with van der Waals surface area (Å²) >= 11 is 0. The monoisotopic (exact) mass is 494 g/mol. The van der Waals surface area contributed by atoms with Crippen molar-refractivity contribution in [2.24, 2.45) is 7.05 Å². The van der Waals surface area contributed by atoms with Crippen molar-refractivity contribution in [2.45, 2.75) is 57.6 Å². The number of aliphatic hydroxyl groups is 1. The molecule has 2 aliphatic heterocycles. The highest BCUT2D eigenvalue weighted by Gasteiger charge is 2.25. The minimum atomic E-state index is -0.303. The van der Waals surface area contributed by atoms with Gasteiger partial charge >= 0.3 is 0 Å². The van der Waals surface area contributed by atoms with Gasteiger partial charge in [0, 0.05) is 44.8 Å². The van der Waals surface area contributed by atoms with Crippen LogP contribution in [0.2, 0.25) is 0 Å². The van der Waals surface area contributed by atoms with Crippen LogP contribution >= 0.6 is 0 Å². The highest BCUT2D eigenvalue weighted by atomic mass is 19.1. The third-order valence-electron chi connectivity index (χ3n) is 7.58. The number of ether oxygens (including phenoxy) is 1. The number of aryl methyl sites for hydroxylation is 1. The molecule has 8 heteroatoms. The first kappa shape index (κ1) is 24.7. The zero-order valence-corrected chi connectivity index (χ0v) is 21.3. The zero-order valence-electron chi connectivity index (χ0n) is 21.3. The molecule has 0 bridgehead atoms. The van der Waals surface area contributed by atoms with E-state index in [-0.39, 0.29) is 29.4 Å². The summed E-state index contributed by atoms with van der Waals surface area (Å²) in [7, 11) is 1.81. The highest BCUT2D eigenvalue weighted by Crippen LogP contribution is 2.34. The fourth-order valence-corrected chi connectivity index (χ4v) is 5.53. The van der Waals surface area contributed by atoms with Crippen LogP contribution in [-0.4, -0.2) is 47.1 Å². The normalized spacial score (nSPS) is 18.5. The standard InChI is InChI=1S/C28H35FN4O3/c1-17-14-22(26-23(15-17)28(35)32(3)27(31-26)19-8-12-36-13-9-19)18(2)30-24-5-4-20(29)16-25(24)33-10-6-21(34)7-11-33/h4-5,14-16,18-19,21,30,34H,6-13H2,1-3H3/t18-/m1/s1. The number of hydrogen-bond acceptors (Lipinski definition) is 6. The number of piperidine rings is 1. The van der Waals surface area contributed by atoms with Crippen molar-refractivity contribution in [3.8, 4) is 0 Å². The first-order chi connectivity index (χ1) is 17.3. The molecule has 0 saturated carbocycles. The van der Waals surface area contributed by atoms with Crippen molar-refractivity contribution in [3.63, 3.8) is 0 Å². The minimum absolute atomic E-state index is 0.0343. The molecule has 0 unspecified atom stereocenters. The first-order valence-corrected chi connectivity index (χ1v) is 12.9. The number of nitrogens with zero attached hydrogens (tertiary/aromatic N) is 3. The number of rotatable bonds is 5. The van der Waals surface area contributed by atoms with Gasteiger partial charge in [-0.2, -0.15) is 0 Å². The Kier molecular flexibility index (Phi) is 6.99. The van der Waals surface area contributed by atoms with Gasteiger partial charge in [0.1, 0.15) is 11.6 Å². The number of aromatic nitrogens is 2. The topological polar surface area (TPSA) is 79.6 Å². The van der Waals surface area contributed by atoms with Crippen molar-refractivity contribution in [3.05, 3.63) is 63.5 Å². The minimum Gasteiger partial charge on any atom is -0.393 e. The summed E-state index contributed by atoms with van der Waals surface area (Å²) in [5, 5.41) is 14.1. The van der Waals surface area contributed by atoms with E-state index >= 15 is 0 Å². The molecular weight excluding hydrogens is 459 g/mol. The van der Waals surface area contributed by atoms with Gasteiger partial charge in [0.15, 0.2) is 0 Å². The summed E-state index contributed by atoms with van der Waals surface area (Å²) in [6, 6.07) is 8.61. The molecule has 2 fully saturated rings. The van der Waals surface area contributed by atoms with Crippen LogP contribution in [0.5, 0.6) is 0 Å². The molecule has 2 N–H and O–H groups in total. The first-order valence-electron chi connectivity index (χ1n) is 12.9. The summed E-state index contributed by atoms with van der Waals surface area (Å²) in [6.45, 7) is 6.75. The van der Waals surface area contributed by atoms with E-state index in [2.05, 4.69) is 23.2 Å². The van der Waals surface area contributed by atoms with Gasteiger partial charge in [-0.25, -0.2) is 9.37 Å². The Morgan fingerprint density at radius 3 is 2.58 bits per heavy atom. The predicted octanol–water partition coefficient (Wildman–Crippen LogP) is 4.41. The molecule has 1 atom stereocenters. The molecule has 0 spiro atoms. The van der Waals surface area contributed by atoms with Gasteiger partial charge in [0.2, 0.25) is 0 Å². The second-order valence-electron chi connectivity index (χ2n) is 10.2. The molecule has 3 aromatic rings. The van der Waals surface area contributed by atoms with E-state index in [9.17, 15) is 14.3 Å². The molecule has 5 rings (SSSR count). The van der Waals surface area contributed by atoms with Gasteiger partial charge in [0.05, 0.1) is 34.4 Å². The molecule has 1 aromatic heterocycles. The molecule has 2 aliphatic rings. The van der Waals surface area contributed by atoms with Crippen molar-refractivity contribution in [1.82, 2.24) is 9.55 Å². The van der Waals surface area contributed by atoms with Gasteiger partial charge in [-0.15, -0.1) is 0 Å². The Balaban J connectivity index is 1.54. The maximum atomic E-state index is 14.2. The Bertz CT molecular complexity index is 1310. The lowest BCUT2D eigenvalue weighted by Crippen LogP contribution is -2.36. The second-order valence-corrected chi connectivity index (χ2v) is 10.2. The zero-order chi connectivity index (χ0) is 25.4. The van der Waals surface area contributed by atoms with E-state index in [1.165, 1.54) is 6.07 Å². The van der Waals surface area contributed by atoms with E-state index in [0.29, 0.717) is 44.5 Å². The van der Waals surface area contributed by atoms with Gasteiger partial charge in [-0.1, -0.05) is 6.07 Å². The predicted molar refractivity (Wildman–Crippen MR) is 140 cm³/mol. The van der Waals surface area contributed by atoms with Gasteiger partial charge < -0.3 is 20.1 Å². The van der Waals surface area contributed by atoms with E-state index in [1.807, 2.05) is 20.0 Å². The quantitative estimate of drug-likeness (QED) is 0.547. The summed E-state index contributed by atoms with van der Waals surface area (Å²) in [6.07, 6.45) is 2.73. The maximum Gasteiger partial charge on any atom is 0.261 e. The van der Waals surface area contributed by atoms with E-state index in [4.69, 9.17) is 9.72 Å². The SMILES string of the molecule is Cc1cc([C@@H](C)Nc2ccc(F)cc2N2CCC(O)CC2)c2nc(C3CCOCC3)n(C)c(=O)c2c1. The molecule has 192 valence electrons. The van der Waals surface area contributed by atoms with Gasteiger partial charge in [-0.3, -0.25) is 9.36 Å². The molecule has 0 aliphatic carbocycles. The molecule has 0 radical (unpaired) electrons. The van der Waals surface area contributed by atoms with Gasteiger partial charge in [-0.05, 0) is 69.4 Å². The molecule has 0 amide bonds. The number of halogens is 1. The summed E-state index contributed by atoms with van der Waals surface area (Å²) in [5.74, 6) is 0.709. The van der Waals surface area contributed by atoms with Crippen LogP contribution < -0.4 is 15.8 Å². The van der Waals surface area contributed by atoms with Crippen LogP contribution in [0.1, 0.15) is 61.5 Å². The number of hydrogen-bond donors (Lipinski definition) is 2. The third kappa shape index (κ3) is 4.84. The second kappa shape index (κ2) is 10.2. The molecule has 2 aromatic carbocycles. The molecule has 3 heterocycles. The van der Waals surface area contributed by atoms with E-state index in [1.54, 1.807) is 16.7 Å². The average Bonchev–Trinajstić information content (AvgIpc) is 2.88. The highest BCUT2D eigenvalue weighted by molar-refractivity contribution is 5.83. The number of anilines is 2. The number of aliphatic hydroxyl groups excluding tert-OH is 1. The largest absolute Gasteiger partial charge is 0.393 e. The summed E-state index contributed by atoms with van der Waals surface area (Å²) in [4.78, 5) is 20.6. The average molecular weight is 495 g/mol. The van der Waals surface area contributed by atoms with Gasteiger partial charge in [0.25, 0.3) is 5.56 Å². The van der Waals surface area contributed by atoms with E-state index < -0.39 is 0 Å². The Hall–Kier alpha value is -2.97. The number of nitrogens with one attached hydrogen (secondary N) is 1. The van der Waals surface area contributed by atoms with Crippen LogP contribution in [0.3, 0.4) is 0 Å². The van der Waals surface area contributed by atoms with Crippen molar-refractivity contribution in [2.75, 3.05) is 36.5 Å². The van der Waals surface area contributed by atoms with Crippen LogP contribution in [0.4, 0.5) is 15.8 Å². The van der Waals surface area contributed by atoms with Crippen LogP contribution in [0.25, 0.3) is 10.9 Å². The summed E-state index contributed by atoms with van der Waals surface area (Å²) in [5.41, 5.74) is 4.23. The molecule has 7 nitrogen and oxygen atoms in total.